The van der Waals surface area contributed by atoms with Crippen molar-refractivity contribution >= 4 is 5.97 Å². The third-order valence-corrected chi connectivity index (χ3v) is 3.75. The van der Waals surface area contributed by atoms with E-state index in [0.717, 1.165) is 12.8 Å². The summed E-state index contributed by atoms with van der Waals surface area (Å²) in [6.45, 7) is 5.09. The van der Waals surface area contributed by atoms with Gasteiger partial charge in [0.2, 0.25) is 0 Å². The predicted molar refractivity (Wildman–Crippen MR) is 86.9 cm³/mol. The fourth-order valence-electron chi connectivity index (χ4n) is 2.37. The molecule has 0 atom stereocenters. The van der Waals surface area contributed by atoms with E-state index in [1.165, 1.54) is 70.6 Å². The Morgan fingerprint density at radius 3 is 1.65 bits per heavy atom. The molecule has 20 heavy (non-hydrogen) atoms. The van der Waals surface area contributed by atoms with Gasteiger partial charge < -0.3 is 4.74 Å². The lowest BCUT2D eigenvalue weighted by atomic mass is 10.1. The SMILES string of the molecule is CCCCCCCCCOC(=O)CCCCCCCC. The Morgan fingerprint density at radius 2 is 1.10 bits per heavy atom. The van der Waals surface area contributed by atoms with Gasteiger partial charge in [-0.25, -0.2) is 0 Å². The van der Waals surface area contributed by atoms with Crippen molar-refractivity contribution in [2.24, 2.45) is 0 Å². The second-order valence-electron chi connectivity index (χ2n) is 5.86. The van der Waals surface area contributed by atoms with Gasteiger partial charge in [0.25, 0.3) is 0 Å². The van der Waals surface area contributed by atoms with E-state index in [9.17, 15) is 4.79 Å². The van der Waals surface area contributed by atoms with Crippen LogP contribution in [0.25, 0.3) is 0 Å². The first-order valence-electron chi connectivity index (χ1n) is 8.96. The van der Waals surface area contributed by atoms with Gasteiger partial charge in [0.15, 0.2) is 0 Å². The topological polar surface area (TPSA) is 26.3 Å². The summed E-state index contributed by atoms with van der Waals surface area (Å²) in [5.41, 5.74) is 0. The van der Waals surface area contributed by atoms with Crippen molar-refractivity contribution in [2.45, 2.75) is 104 Å². The van der Waals surface area contributed by atoms with E-state index in [2.05, 4.69) is 13.8 Å². The highest BCUT2D eigenvalue weighted by Crippen LogP contribution is 2.09. The first-order chi connectivity index (χ1) is 9.81. The van der Waals surface area contributed by atoms with E-state index in [0.29, 0.717) is 13.0 Å². The van der Waals surface area contributed by atoms with Crippen molar-refractivity contribution in [2.75, 3.05) is 6.61 Å². The van der Waals surface area contributed by atoms with E-state index < -0.39 is 0 Å². The fraction of sp³-hybridized carbons (Fsp3) is 0.944. The molecular weight excluding hydrogens is 248 g/mol. The van der Waals surface area contributed by atoms with Gasteiger partial charge in [0.05, 0.1) is 6.61 Å². The Hall–Kier alpha value is -0.530. The Bertz CT molecular complexity index is 202. The van der Waals surface area contributed by atoms with Crippen LogP contribution in [-0.2, 0) is 9.53 Å². The Labute approximate surface area is 126 Å². The Morgan fingerprint density at radius 1 is 0.650 bits per heavy atom. The molecule has 2 heteroatoms. The lowest BCUT2D eigenvalue weighted by Crippen LogP contribution is -2.05. The summed E-state index contributed by atoms with van der Waals surface area (Å²) in [5.74, 6) is 0.00599. The van der Waals surface area contributed by atoms with E-state index in [4.69, 9.17) is 4.74 Å². The molecule has 0 heterocycles. The van der Waals surface area contributed by atoms with Crippen LogP contribution in [0.4, 0.5) is 0 Å². The van der Waals surface area contributed by atoms with Gasteiger partial charge in [0.1, 0.15) is 0 Å². The number of unbranched alkanes of at least 4 members (excludes halogenated alkanes) is 11. The summed E-state index contributed by atoms with van der Waals surface area (Å²) in [7, 11) is 0. The third kappa shape index (κ3) is 15.5. The molecule has 0 aliphatic rings. The highest BCUT2D eigenvalue weighted by Gasteiger charge is 2.02. The highest BCUT2D eigenvalue weighted by atomic mass is 16.5. The van der Waals surface area contributed by atoms with Crippen LogP contribution in [0, 0.1) is 0 Å². The second kappa shape index (κ2) is 16.5. The molecule has 0 radical (unpaired) electrons. The molecule has 0 saturated carbocycles. The Balaban J connectivity index is 3.12. The lowest BCUT2D eigenvalue weighted by molar-refractivity contribution is -0.143. The molecule has 0 spiro atoms. The molecule has 0 bridgehead atoms. The van der Waals surface area contributed by atoms with Crippen molar-refractivity contribution in [1.29, 1.82) is 0 Å². The number of carbonyl (C=O) groups is 1. The van der Waals surface area contributed by atoms with Crippen LogP contribution in [0.5, 0.6) is 0 Å². The molecule has 0 saturated heterocycles. The number of hydrogen-bond acceptors (Lipinski definition) is 2. The Kier molecular flexibility index (Phi) is 16.1. The summed E-state index contributed by atoms with van der Waals surface area (Å²) in [6, 6.07) is 0. The summed E-state index contributed by atoms with van der Waals surface area (Å²) in [5, 5.41) is 0. The van der Waals surface area contributed by atoms with Gasteiger partial charge in [-0.3, -0.25) is 4.79 Å². The van der Waals surface area contributed by atoms with Gasteiger partial charge in [-0.2, -0.15) is 0 Å². The van der Waals surface area contributed by atoms with E-state index in [1.807, 2.05) is 0 Å². The molecule has 0 aromatic carbocycles. The van der Waals surface area contributed by atoms with Gasteiger partial charge in [-0.1, -0.05) is 84.5 Å². The zero-order chi connectivity index (χ0) is 14.9. The van der Waals surface area contributed by atoms with Gasteiger partial charge in [0, 0.05) is 6.42 Å². The minimum Gasteiger partial charge on any atom is -0.466 e. The van der Waals surface area contributed by atoms with Gasteiger partial charge >= 0.3 is 5.97 Å². The van der Waals surface area contributed by atoms with Crippen LogP contribution in [0.3, 0.4) is 0 Å². The normalized spacial score (nSPS) is 10.7. The standard InChI is InChI=1S/C18H36O2/c1-3-5-7-9-11-13-15-17-20-18(19)16-14-12-10-8-6-4-2/h3-17H2,1-2H3. The van der Waals surface area contributed by atoms with Crippen molar-refractivity contribution < 1.29 is 9.53 Å². The van der Waals surface area contributed by atoms with Crippen molar-refractivity contribution in [3.8, 4) is 0 Å². The molecule has 2 nitrogen and oxygen atoms in total. The summed E-state index contributed by atoms with van der Waals surface area (Å²) < 4.78 is 5.26. The zero-order valence-corrected chi connectivity index (χ0v) is 13.9. The molecule has 0 amide bonds. The van der Waals surface area contributed by atoms with Gasteiger partial charge in [-0.05, 0) is 12.8 Å². The van der Waals surface area contributed by atoms with Crippen molar-refractivity contribution in [1.82, 2.24) is 0 Å². The van der Waals surface area contributed by atoms with Crippen molar-refractivity contribution in [3.05, 3.63) is 0 Å². The van der Waals surface area contributed by atoms with Crippen LogP contribution in [0.15, 0.2) is 0 Å². The van der Waals surface area contributed by atoms with Crippen LogP contribution in [0.2, 0.25) is 0 Å². The summed E-state index contributed by atoms with van der Waals surface area (Å²) >= 11 is 0. The fourth-order valence-corrected chi connectivity index (χ4v) is 2.37. The largest absolute Gasteiger partial charge is 0.466 e. The van der Waals surface area contributed by atoms with Crippen LogP contribution < -0.4 is 0 Å². The molecule has 0 aromatic rings. The molecular formula is C18H36O2. The van der Waals surface area contributed by atoms with E-state index >= 15 is 0 Å². The number of ether oxygens (including phenoxy) is 1. The monoisotopic (exact) mass is 284 g/mol. The molecule has 0 aliphatic carbocycles. The summed E-state index contributed by atoms with van der Waals surface area (Å²) in [6.07, 6.45) is 16.8. The van der Waals surface area contributed by atoms with E-state index in [1.54, 1.807) is 0 Å². The molecule has 0 aliphatic heterocycles. The number of carbonyl (C=O) groups excluding carboxylic acids is 1. The van der Waals surface area contributed by atoms with Crippen LogP contribution in [0.1, 0.15) is 104 Å². The predicted octanol–water partition coefficient (Wildman–Crippen LogP) is 6.03. The van der Waals surface area contributed by atoms with E-state index in [-0.39, 0.29) is 5.97 Å². The lowest BCUT2D eigenvalue weighted by Gasteiger charge is -2.05. The first kappa shape index (κ1) is 19.5. The average molecular weight is 284 g/mol. The van der Waals surface area contributed by atoms with Crippen LogP contribution in [-0.4, -0.2) is 12.6 Å². The molecule has 0 fully saturated rings. The second-order valence-corrected chi connectivity index (χ2v) is 5.86. The minimum atomic E-state index is 0.00599. The average Bonchev–Trinajstić information content (AvgIpc) is 2.45. The molecule has 0 rings (SSSR count). The molecule has 120 valence electrons. The summed E-state index contributed by atoms with van der Waals surface area (Å²) in [4.78, 5) is 11.5. The van der Waals surface area contributed by atoms with Gasteiger partial charge in [-0.15, -0.1) is 0 Å². The highest BCUT2D eigenvalue weighted by molar-refractivity contribution is 5.69. The maximum atomic E-state index is 11.5. The van der Waals surface area contributed by atoms with Crippen molar-refractivity contribution in [3.63, 3.8) is 0 Å². The number of rotatable bonds is 15. The maximum absolute atomic E-state index is 11.5. The zero-order valence-electron chi connectivity index (χ0n) is 13.9. The molecule has 0 aromatic heterocycles. The molecule has 0 N–H and O–H groups in total. The number of esters is 1. The maximum Gasteiger partial charge on any atom is 0.305 e. The van der Waals surface area contributed by atoms with Crippen LogP contribution >= 0.6 is 0 Å². The minimum absolute atomic E-state index is 0.00599. The molecule has 0 unspecified atom stereocenters. The quantitative estimate of drug-likeness (QED) is 0.271. The first-order valence-corrected chi connectivity index (χ1v) is 8.96. The smallest absolute Gasteiger partial charge is 0.305 e. The number of hydrogen-bond donors (Lipinski definition) is 0. The third-order valence-electron chi connectivity index (χ3n) is 3.75.